The molecule has 0 radical (unpaired) electrons. The fourth-order valence-corrected chi connectivity index (χ4v) is 2.70. The summed E-state index contributed by atoms with van der Waals surface area (Å²) >= 11 is 1.59. The topological polar surface area (TPSA) is 77.0 Å². The van der Waals surface area contributed by atoms with Gasteiger partial charge in [-0.1, -0.05) is 30.0 Å². The van der Waals surface area contributed by atoms with Gasteiger partial charge in [-0.3, -0.25) is 4.57 Å². The number of aromatic nitrogens is 3. The summed E-state index contributed by atoms with van der Waals surface area (Å²) in [6.07, 6.45) is 0.739. The number of para-hydroxylation sites is 1. The third-order valence-electron chi connectivity index (χ3n) is 2.77. The highest BCUT2D eigenvalue weighted by molar-refractivity contribution is 7.99. The minimum Gasteiger partial charge on any atom is -0.396 e. The van der Waals surface area contributed by atoms with E-state index in [1.807, 2.05) is 22.8 Å². The van der Waals surface area contributed by atoms with Crippen molar-refractivity contribution in [3.63, 3.8) is 0 Å². The van der Waals surface area contributed by atoms with Crippen LogP contribution in [0.1, 0.15) is 17.8 Å². The highest BCUT2D eigenvalue weighted by Gasteiger charge is 2.14. The molecule has 1 aromatic heterocycles. The van der Waals surface area contributed by atoms with Crippen molar-refractivity contribution < 1.29 is 5.11 Å². The average Bonchev–Trinajstić information content (AvgIpc) is 2.82. The minimum absolute atomic E-state index is 0.190. The molecule has 102 valence electrons. The molecule has 0 saturated carbocycles. The Morgan fingerprint density at radius 3 is 2.79 bits per heavy atom. The van der Waals surface area contributed by atoms with Gasteiger partial charge in [0, 0.05) is 12.4 Å². The zero-order valence-electron chi connectivity index (χ0n) is 10.9. The van der Waals surface area contributed by atoms with Crippen molar-refractivity contribution in [3.05, 3.63) is 35.7 Å². The van der Waals surface area contributed by atoms with Gasteiger partial charge in [-0.15, -0.1) is 10.2 Å². The summed E-state index contributed by atoms with van der Waals surface area (Å²) in [7, 11) is 0. The standard InChI is InChI=1S/C13H18N4OS/c1-10-5-2-3-6-11(10)17-12(9-14)15-16-13(17)19-8-4-7-18/h2-3,5-6,18H,4,7-9,14H2,1H3. The van der Waals surface area contributed by atoms with Crippen molar-refractivity contribution in [2.75, 3.05) is 12.4 Å². The fraction of sp³-hybridized carbons (Fsp3) is 0.385. The van der Waals surface area contributed by atoms with Crippen LogP contribution in [0.3, 0.4) is 0 Å². The molecule has 1 aromatic carbocycles. The van der Waals surface area contributed by atoms with Gasteiger partial charge in [0.1, 0.15) is 0 Å². The molecular weight excluding hydrogens is 260 g/mol. The number of thioether (sulfide) groups is 1. The number of hydrogen-bond donors (Lipinski definition) is 2. The third kappa shape index (κ3) is 3.15. The van der Waals surface area contributed by atoms with Crippen LogP contribution in [0.25, 0.3) is 5.69 Å². The Kier molecular flexibility index (Phi) is 4.95. The van der Waals surface area contributed by atoms with Crippen molar-refractivity contribution in [2.24, 2.45) is 5.73 Å². The van der Waals surface area contributed by atoms with Gasteiger partial charge >= 0.3 is 0 Å². The van der Waals surface area contributed by atoms with Crippen molar-refractivity contribution in [2.45, 2.75) is 25.0 Å². The number of hydrogen-bond acceptors (Lipinski definition) is 5. The molecule has 0 fully saturated rings. The molecule has 5 nitrogen and oxygen atoms in total. The lowest BCUT2D eigenvalue weighted by atomic mass is 10.2. The zero-order chi connectivity index (χ0) is 13.7. The summed E-state index contributed by atoms with van der Waals surface area (Å²) in [5.74, 6) is 1.56. The second-order valence-corrected chi connectivity index (χ2v) is 5.21. The van der Waals surface area contributed by atoms with Gasteiger partial charge in [-0.2, -0.15) is 0 Å². The van der Waals surface area contributed by atoms with Crippen LogP contribution in [0.15, 0.2) is 29.4 Å². The number of aliphatic hydroxyl groups is 1. The van der Waals surface area contributed by atoms with E-state index >= 15 is 0 Å². The van der Waals surface area contributed by atoms with E-state index in [2.05, 4.69) is 23.2 Å². The van der Waals surface area contributed by atoms with E-state index in [1.165, 1.54) is 0 Å². The molecule has 0 amide bonds. The second-order valence-electron chi connectivity index (χ2n) is 4.15. The largest absolute Gasteiger partial charge is 0.396 e. The Labute approximate surface area is 116 Å². The van der Waals surface area contributed by atoms with Crippen LogP contribution < -0.4 is 5.73 Å². The maximum absolute atomic E-state index is 8.85. The molecule has 19 heavy (non-hydrogen) atoms. The van der Waals surface area contributed by atoms with Gasteiger partial charge < -0.3 is 10.8 Å². The van der Waals surface area contributed by atoms with Crippen LogP contribution in [0.2, 0.25) is 0 Å². The summed E-state index contributed by atoms with van der Waals surface area (Å²) in [5, 5.41) is 18.0. The van der Waals surface area contributed by atoms with E-state index in [4.69, 9.17) is 10.8 Å². The number of rotatable bonds is 6. The second kappa shape index (κ2) is 6.70. The lowest BCUT2D eigenvalue weighted by Crippen LogP contribution is -2.09. The number of benzene rings is 1. The quantitative estimate of drug-likeness (QED) is 0.618. The number of aliphatic hydroxyl groups excluding tert-OH is 1. The molecule has 2 rings (SSSR count). The van der Waals surface area contributed by atoms with Crippen LogP contribution in [0.5, 0.6) is 0 Å². The summed E-state index contributed by atoms with van der Waals surface area (Å²) in [4.78, 5) is 0. The molecule has 0 aliphatic rings. The van der Waals surface area contributed by atoms with E-state index < -0.39 is 0 Å². The first-order valence-corrected chi connectivity index (χ1v) is 7.20. The molecule has 6 heteroatoms. The van der Waals surface area contributed by atoms with E-state index in [9.17, 15) is 0 Å². The normalized spacial score (nSPS) is 10.9. The summed E-state index contributed by atoms with van der Waals surface area (Å²) in [5.41, 5.74) is 7.94. The number of nitrogens with two attached hydrogens (primary N) is 1. The molecule has 0 aliphatic carbocycles. The molecule has 1 heterocycles. The Morgan fingerprint density at radius 2 is 2.11 bits per heavy atom. The molecule has 0 spiro atoms. The highest BCUT2D eigenvalue weighted by Crippen LogP contribution is 2.24. The van der Waals surface area contributed by atoms with E-state index in [0.29, 0.717) is 6.54 Å². The molecule has 0 aliphatic heterocycles. The van der Waals surface area contributed by atoms with Crippen molar-refractivity contribution in [1.29, 1.82) is 0 Å². The van der Waals surface area contributed by atoms with Crippen LogP contribution in [-0.2, 0) is 6.54 Å². The Morgan fingerprint density at radius 1 is 1.32 bits per heavy atom. The first kappa shape index (κ1) is 14.0. The predicted octanol–water partition coefficient (Wildman–Crippen LogP) is 1.51. The van der Waals surface area contributed by atoms with Crippen LogP contribution in [0, 0.1) is 6.92 Å². The van der Waals surface area contributed by atoms with Gasteiger partial charge in [-0.25, -0.2) is 0 Å². The molecular formula is C13H18N4OS. The molecule has 3 N–H and O–H groups in total. The smallest absolute Gasteiger partial charge is 0.195 e. The Hall–Kier alpha value is -1.37. The van der Waals surface area contributed by atoms with Crippen molar-refractivity contribution >= 4 is 11.8 Å². The van der Waals surface area contributed by atoms with Crippen LogP contribution >= 0.6 is 11.8 Å². The van der Waals surface area contributed by atoms with Gasteiger partial charge in [0.25, 0.3) is 0 Å². The number of nitrogens with zero attached hydrogens (tertiary/aromatic N) is 3. The molecule has 0 atom stereocenters. The molecule has 0 bridgehead atoms. The lowest BCUT2D eigenvalue weighted by Gasteiger charge is -2.11. The van der Waals surface area contributed by atoms with Crippen LogP contribution in [0.4, 0.5) is 0 Å². The van der Waals surface area contributed by atoms with Crippen LogP contribution in [-0.4, -0.2) is 32.2 Å². The minimum atomic E-state index is 0.190. The molecule has 0 saturated heterocycles. The van der Waals surface area contributed by atoms with Crippen molar-refractivity contribution in [3.8, 4) is 5.69 Å². The average molecular weight is 278 g/mol. The molecule has 0 unspecified atom stereocenters. The molecule has 2 aromatic rings. The number of aryl methyl sites for hydroxylation is 1. The van der Waals surface area contributed by atoms with Gasteiger partial charge in [0.05, 0.1) is 12.2 Å². The van der Waals surface area contributed by atoms with E-state index in [-0.39, 0.29) is 6.61 Å². The van der Waals surface area contributed by atoms with E-state index in [1.54, 1.807) is 11.8 Å². The lowest BCUT2D eigenvalue weighted by molar-refractivity contribution is 0.296. The van der Waals surface area contributed by atoms with Crippen molar-refractivity contribution in [1.82, 2.24) is 14.8 Å². The van der Waals surface area contributed by atoms with E-state index in [0.717, 1.165) is 34.4 Å². The van der Waals surface area contributed by atoms with Gasteiger partial charge in [0.15, 0.2) is 11.0 Å². The maximum atomic E-state index is 8.85. The summed E-state index contributed by atoms with van der Waals surface area (Å²) in [6, 6.07) is 8.08. The zero-order valence-corrected chi connectivity index (χ0v) is 11.7. The maximum Gasteiger partial charge on any atom is 0.195 e. The summed E-state index contributed by atoms with van der Waals surface area (Å²) < 4.78 is 2.00. The third-order valence-corrected chi connectivity index (χ3v) is 3.79. The predicted molar refractivity (Wildman–Crippen MR) is 76.4 cm³/mol. The van der Waals surface area contributed by atoms with Gasteiger partial charge in [0.2, 0.25) is 0 Å². The first-order valence-electron chi connectivity index (χ1n) is 6.22. The Balaban J connectivity index is 2.36. The monoisotopic (exact) mass is 278 g/mol. The Bertz CT molecular complexity index is 541. The highest BCUT2D eigenvalue weighted by atomic mass is 32.2. The SMILES string of the molecule is Cc1ccccc1-n1c(CN)nnc1SCCCO. The fourth-order valence-electron chi connectivity index (χ4n) is 1.81. The summed E-state index contributed by atoms with van der Waals surface area (Å²) in [6.45, 7) is 2.59. The van der Waals surface area contributed by atoms with Gasteiger partial charge in [-0.05, 0) is 25.0 Å². The first-order chi connectivity index (χ1) is 9.27.